The van der Waals surface area contributed by atoms with E-state index in [2.05, 4.69) is 49.1 Å². The molecule has 3 rings (SSSR count). The third-order valence-electron chi connectivity index (χ3n) is 3.73. The number of rotatable bonds is 2. The highest BCUT2D eigenvalue weighted by Crippen LogP contribution is 2.29. The lowest BCUT2D eigenvalue weighted by Gasteiger charge is -2.20. The molecule has 0 aliphatic rings. The minimum Gasteiger partial charge on any atom is -0.399 e. The van der Waals surface area contributed by atoms with Gasteiger partial charge in [0, 0.05) is 11.1 Å². The van der Waals surface area contributed by atoms with Crippen molar-refractivity contribution in [3.63, 3.8) is 0 Å². The zero-order chi connectivity index (χ0) is 15.2. The molecule has 110 valence electrons. The van der Waals surface area contributed by atoms with E-state index in [0.29, 0.717) is 0 Å². The number of aromatic nitrogens is 2. The van der Waals surface area contributed by atoms with E-state index in [9.17, 15) is 0 Å². The Balaban J connectivity index is 2.20. The summed E-state index contributed by atoms with van der Waals surface area (Å²) in [7, 11) is 0. The third-order valence-corrected chi connectivity index (χ3v) is 4.64. The molecule has 0 aliphatic carbocycles. The topological polar surface area (TPSA) is 43.8 Å². The Labute approximate surface area is 129 Å². The van der Waals surface area contributed by atoms with Gasteiger partial charge in [0.2, 0.25) is 0 Å². The summed E-state index contributed by atoms with van der Waals surface area (Å²) in [5.41, 5.74) is 11.5. The van der Waals surface area contributed by atoms with Gasteiger partial charge in [0.05, 0.1) is 17.6 Å². The van der Waals surface area contributed by atoms with Gasteiger partial charge in [-0.25, -0.2) is 4.98 Å². The average Bonchev–Trinajstić information content (AvgIpc) is 2.94. The van der Waals surface area contributed by atoms with Gasteiger partial charge in [0.1, 0.15) is 5.82 Å². The van der Waals surface area contributed by atoms with Crippen LogP contribution in [0.2, 0.25) is 0 Å². The lowest BCUT2D eigenvalue weighted by molar-refractivity contribution is 0.516. The maximum Gasteiger partial charge on any atom is 0.115 e. The molecule has 0 spiro atoms. The molecular weight excluding hydrogens is 278 g/mol. The Kier molecular flexibility index (Phi) is 3.29. The molecule has 0 amide bonds. The molecule has 2 aromatic heterocycles. The second-order valence-electron chi connectivity index (χ2n) is 6.60. The van der Waals surface area contributed by atoms with Crippen LogP contribution in [0.3, 0.4) is 0 Å². The van der Waals surface area contributed by atoms with Crippen molar-refractivity contribution in [3.05, 3.63) is 45.9 Å². The van der Waals surface area contributed by atoms with Crippen molar-refractivity contribution in [2.75, 3.05) is 5.73 Å². The van der Waals surface area contributed by atoms with E-state index < -0.39 is 0 Å². The SMILES string of the molecule is Cc1cscc1Cn1c(C(C)(C)C)nc2cc(N)ccc21. The van der Waals surface area contributed by atoms with Gasteiger partial charge in [-0.2, -0.15) is 11.3 Å². The van der Waals surface area contributed by atoms with Crippen LogP contribution in [0.25, 0.3) is 11.0 Å². The normalized spacial score (nSPS) is 12.2. The molecule has 0 bridgehead atoms. The number of fused-ring (bicyclic) bond motifs is 1. The molecule has 3 nitrogen and oxygen atoms in total. The van der Waals surface area contributed by atoms with Gasteiger partial charge < -0.3 is 10.3 Å². The molecule has 0 radical (unpaired) electrons. The lowest BCUT2D eigenvalue weighted by Crippen LogP contribution is -2.19. The first-order chi connectivity index (χ1) is 9.86. The van der Waals surface area contributed by atoms with Crippen LogP contribution in [0.1, 0.15) is 37.7 Å². The molecule has 4 heteroatoms. The van der Waals surface area contributed by atoms with E-state index in [1.807, 2.05) is 12.1 Å². The van der Waals surface area contributed by atoms with Crippen LogP contribution in [0.15, 0.2) is 29.0 Å². The monoisotopic (exact) mass is 299 g/mol. The maximum atomic E-state index is 5.90. The van der Waals surface area contributed by atoms with Crippen molar-refractivity contribution in [1.29, 1.82) is 0 Å². The second kappa shape index (κ2) is 4.88. The van der Waals surface area contributed by atoms with Crippen LogP contribution in [-0.2, 0) is 12.0 Å². The first kappa shape index (κ1) is 14.1. The molecular formula is C17H21N3S. The number of nitrogens with two attached hydrogens (primary N) is 1. The molecule has 0 aliphatic heterocycles. The van der Waals surface area contributed by atoms with Gasteiger partial charge in [-0.3, -0.25) is 0 Å². The lowest BCUT2D eigenvalue weighted by atomic mass is 9.95. The van der Waals surface area contributed by atoms with Gasteiger partial charge >= 0.3 is 0 Å². The second-order valence-corrected chi connectivity index (χ2v) is 7.34. The fourth-order valence-electron chi connectivity index (χ4n) is 2.60. The van der Waals surface area contributed by atoms with Crippen molar-refractivity contribution in [3.8, 4) is 0 Å². The Morgan fingerprint density at radius 3 is 2.62 bits per heavy atom. The number of aryl methyl sites for hydroxylation is 1. The molecule has 3 aromatic rings. The van der Waals surface area contributed by atoms with Gasteiger partial charge in [-0.15, -0.1) is 0 Å². The van der Waals surface area contributed by atoms with E-state index in [0.717, 1.165) is 29.1 Å². The first-order valence-electron chi connectivity index (χ1n) is 7.14. The number of thiophene rings is 1. The predicted octanol–water partition coefficient (Wildman–Crippen LogP) is 4.33. The molecule has 0 fully saturated rings. The number of nitrogen functional groups attached to an aromatic ring is 1. The summed E-state index contributed by atoms with van der Waals surface area (Å²) in [6, 6.07) is 5.99. The van der Waals surface area contributed by atoms with Crippen molar-refractivity contribution in [2.45, 2.75) is 39.7 Å². The molecule has 2 heterocycles. The standard InChI is InChI=1S/C17H21N3S/c1-11-9-21-10-12(11)8-20-15-6-5-13(18)7-14(15)19-16(20)17(2,3)4/h5-7,9-10H,8,18H2,1-4H3. The van der Waals surface area contributed by atoms with E-state index in [-0.39, 0.29) is 5.41 Å². The summed E-state index contributed by atoms with van der Waals surface area (Å²) in [6.45, 7) is 9.64. The van der Waals surface area contributed by atoms with Crippen LogP contribution in [0.5, 0.6) is 0 Å². The predicted molar refractivity (Wildman–Crippen MR) is 91.0 cm³/mol. The Morgan fingerprint density at radius 2 is 2.00 bits per heavy atom. The summed E-state index contributed by atoms with van der Waals surface area (Å²) >= 11 is 1.76. The highest BCUT2D eigenvalue weighted by molar-refractivity contribution is 7.08. The van der Waals surface area contributed by atoms with Crippen molar-refractivity contribution < 1.29 is 0 Å². The minimum absolute atomic E-state index is 0.00227. The molecule has 0 saturated carbocycles. The van der Waals surface area contributed by atoms with Crippen LogP contribution in [-0.4, -0.2) is 9.55 Å². The smallest absolute Gasteiger partial charge is 0.115 e. The van der Waals surface area contributed by atoms with E-state index >= 15 is 0 Å². The zero-order valence-electron chi connectivity index (χ0n) is 13.0. The number of anilines is 1. The summed E-state index contributed by atoms with van der Waals surface area (Å²) < 4.78 is 2.32. The van der Waals surface area contributed by atoms with Crippen LogP contribution in [0, 0.1) is 6.92 Å². The molecule has 21 heavy (non-hydrogen) atoms. The summed E-state index contributed by atoms with van der Waals surface area (Å²) in [5.74, 6) is 1.11. The Morgan fingerprint density at radius 1 is 1.24 bits per heavy atom. The quantitative estimate of drug-likeness (QED) is 0.716. The molecule has 1 aromatic carbocycles. The van der Waals surface area contributed by atoms with E-state index in [1.54, 1.807) is 11.3 Å². The summed E-state index contributed by atoms with van der Waals surface area (Å²) in [5, 5.41) is 4.42. The van der Waals surface area contributed by atoms with Gasteiger partial charge in [0.15, 0.2) is 0 Å². The van der Waals surface area contributed by atoms with Crippen LogP contribution in [0.4, 0.5) is 5.69 Å². The first-order valence-corrected chi connectivity index (χ1v) is 8.08. The number of hydrogen-bond donors (Lipinski definition) is 1. The van der Waals surface area contributed by atoms with E-state index in [1.165, 1.54) is 11.1 Å². The summed E-state index contributed by atoms with van der Waals surface area (Å²) in [6.07, 6.45) is 0. The number of hydrogen-bond acceptors (Lipinski definition) is 3. The molecule has 0 atom stereocenters. The van der Waals surface area contributed by atoms with E-state index in [4.69, 9.17) is 10.7 Å². The molecule has 2 N–H and O–H groups in total. The van der Waals surface area contributed by atoms with Crippen molar-refractivity contribution >= 4 is 28.1 Å². The number of benzene rings is 1. The van der Waals surface area contributed by atoms with Crippen molar-refractivity contribution in [1.82, 2.24) is 9.55 Å². The largest absolute Gasteiger partial charge is 0.399 e. The highest BCUT2D eigenvalue weighted by atomic mass is 32.1. The van der Waals surface area contributed by atoms with Crippen LogP contribution < -0.4 is 5.73 Å². The molecule has 0 saturated heterocycles. The van der Waals surface area contributed by atoms with Gasteiger partial charge in [-0.05, 0) is 47.0 Å². The van der Waals surface area contributed by atoms with Gasteiger partial charge in [0.25, 0.3) is 0 Å². The van der Waals surface area contributed by atoms with Crippen LogP contribution >= 0.6 is 11.3 Å². The zero-order valence-corrected chi connectivity index (χ0v) is 13.8. The van der Waals surface area contributed by atoms with Crippen molar-refractivity contribution in [2.24, 2.45) is 0 Å². The minimum atomic E-state index is -0.00227. The maximum absolute atomic E-state index is 5.90. The highest BCUT2D eigenvalue weighted by Gasteiger charge is 2.23. The fraction of sp³-hybridized carbons (Fsp3) is 0.353. The third kappa shape index (κ3) is 2.56. The summed E-state index contributed by atoms with van der Waals surface area (Å²) in [4.78, 5) is 4.84. The Hall–Kier alpha value is -1.81. The number of imidazole rings is 1. The number of nitrogens with zero attached hydrogens (tertiary/aromatic N) is 2. The molecule has 0 unspecified atom stereocenters. The average molecular weight is 299 g/mol. The Bertz CT molecular complexity index is 790. The van der Waals surface area contributed by atoms with Gasteiger partial charge in [-0.1, -0.05) is 20.8 Å². The fourth-order valence-corrected chi connectivity index (χ4v) is 3.45.